The minimum atomic E-state index is 0.504. The van der Waals surface area contributed by atoms with E-state index in [4.69, 9.17) is 4.74 Å². The van der Waals surface area contributed by atoms with Gasteiger partial charge in [-0.1, -0.05) is 24.3 Å². The predicted octanol–water partition coefficient (Wildman–Crippen LogP) is 3.15. The molecule has 2 fully saturated rings. The van der Waals surface area contributed by atoms with E-state index in [1.54, 1.807) is 11.1 Å². The van der Waals surface area contributed by atoms with E-state index in [2.05, 4.69) is 29.2 Å². The number of piperidine rings is 1. The van der Waals surface area contributed by atoms with Crippen LogP contribution in [0.2, 0.25) is 0 Å². The van der Waals surface area contributed by atoms with Crippen molar-refractivity contribution in [1.82, 2.24) is 4.90 Å². The molecule has 2 saturated heterocycles. The van der Waals surface area contributed by atoms with E-state index in [1.807, 2.05) is 0 Å². The van der Waals surface area contributed by atoms with Crippen LogP contribution in [0.25, 0.3) is 0 Å². The van der Waals surface area contributed by atoms with E-state index < -0.39 is 0 Å². The van der Waals surface area contributed by atoms with Gasteiger partial charge in [-0.25, -0.2) is 0 Å². The number of nitrogens with zero attached hydrogens (tertiary/aromatic N) is 1. The molecule has 3 aliphatic rings. The summed E-state index contributed by atoms with van der Waals surface area (Å²) >= 11 is 0. The fourth-order valence-corrected chi connectivity index (χ4v) is 4.52. The molecule has 20 heavy (non-hydrogen) atoms. The van der Waals surface area contributed by atoms with Crippen LogP contribution in [-0.2, 0) is 16.6 Å². The molecule has 0 N–H and O–H groups in total. The van der Waals surface area contributed by atoms with Gasteiger partial charge in [0.2, 0.25) is 0 Å². The average Bonchev–Trinajstić information content (AvgIpc) is 3.11. The predicted molar refractivity (Wildman–Crippen MR) is 81.1 cm³/mol. The normalized spacial score (nSPS) is 28.9. The van der Waals surface area contributed by atoms with Crippen LogP contribution in [0.4, 0.5) is 0 Å². The van der Waals surface area contributed by atoms with Crippen LogP contribution >= 0.6 is 0 Å². The maximum absolute atomic E-state index is 5.79. The molecule has 4 rings (SSSR count). The van der Waals surface area contributed by atoms with Crippen LogP contribution in [0.1, 0.15) is 43.2 Å². The molecular weight excluding hydrogens is 246 g/mol. The highest BCUT2D eigenvalue weighted by molar-refractivity contribution is 5.39. The van der Waals surface area contributed by atoms with Crippen molar-refractivity contribution in [2.24, 2.45) is 0 Å². The number of hydrogen-bond donors (Lipinski definition) is 0. The largest absolute Gasteiger partial charge is 0.377 e. The van der Waals surface area contributed by atoms with Gasteiger partial charge in [-0.05, 0) is 68.2 Å². The number of fused-ring (bicyclic) bond motifs is 2. The first-order valence-corrected chi connectivity index (χ1v) is 8.28. The molecular formula is C18H25NO. The first-order valence-electron chi connectivity index (χ1n) is 8.28. The third-order valence-corrected chi connectivity index (χ3v) is 5.76. The quantitative estimate of drug-likeness (QED) is 0.819. The van der Waals surface area contributed by atoms with Gasteiger partial charge in [0.05, 0.1) is 6.10 Å². The van der Waals surface area contributed by atoms with Gasteiger partial charge in [-0.15, -0.1) is 0 Å². The molecule has 0 radical (unpaired) electrons. The van der Waals surface area contributed by atoms with Crippen LogP contribution in [0.15, 0.2) is 24.3 Å². The van der Waals surface area contributed by atoms with Gasteiger partial charge >= 0.3 is 0 Å². The van der Waals surface area contributed by atoms with Crippen molar-refractivity contribution in [3.05, 3.63) is 35.4 Å². The molecule has 2 aliphatic heterocycles. The molecule has 2 nitrogen and oxygen atoms in total. The first kappa shape index (κ1) is 12.8. The monoisotopic (exact) mass is 271 g/mol. The van der Waals surface area contributed by atoms with Crippen molar-refractivity contribution in [2.75, 3.05) is 26.2 Å². The molecule has 0 unspecified atom stereocenters. The van der Waals surface area contributed by atoms with Crippen LogP contribution in [0, 0.1) is 0 Å². The van der Waals surface area contributed by atoms with E-state index in [0.717, 1.165) is 13.2 Å². The Balaban J connectivity index is 1.42. The maximum Gasteiger partial charge on any atom is 0.0702 e. The molecule has 1 spiro atoms. The van der Waals surface area contributed by atoms with Crippen molar-refractivity contribution >= 4 is 0 Å². The van der Waals surface area contributed by atoms with E-state index >= 15 is 0 Å². The van der Waals surface area contributed by atoms with Gasteiger partial charge in [-0.3, -0.25) is 0 Å². The SMILES string of the molecule is c1ccc2c(c1)CCC21CCN(C[C@@H]2CCCO2)CC1. The van der Waals surface area contributed by atoms with E-state index in [-0.39, 0.29) is 0 Å². The van der Waals surface area contributed by atoms with Crippen LogP contribution in [0.3, 0.4) is 0 Å². The number of likely N-dealkylation sites (tertiary alicyclic amines) is 1. The molecule has 0 bridgehead atoms. The van der Waals surface area contributed by atoms with Crippen molar-refractivity contribution in [1.29, 1.82) is 0 Å². The van der Waals surface area contributed by atoms with E-state index in [9.17, 15) is 0 Å². The number of ether oxygens (including phenoxy) is 1. The zero-order chi connectivity index (χ0) is 13.4. The van der Waals surface area contributed by atoms with Gasteiger partial charge in [0.15, 0.2) is 0 Å². The Labute approximate surface area is 122 Å². The number of aryl methyl sites for hydroxylation is 1. The summed E-state index contributed by atoms with van der Waals surface area (Å²) in [5.74, 6) is 0. The maximum atomic E-state index is 5.79. The average molecular weight is 271 g/mol. The molecule has 0 aromatic heterocycles. The highest BCUT2D eigenvalue weighted by Crippen LogP contribution is 2.46. The highest BCUT2D eigenvalue weighted by atomic mass is 16.5. The van der Waals surface area contributed by atoms with Gasteiger partial charge in [0.25, 0.3) is 0 Å². The van der Waals surface area contributed by atoms with Gasteiger partial charge in [0.1, 0.15) is 0 Å². The van der Waals surface area contributed by atoms with E-state index in [1.165, 1.54) is 51.6 Å². The molecule has 0 amide bonds. The summed E-state index contributed by atoms with van der Waals surface area (Å²) in [6, 6.07) is 9.15. The van der Waals surface area contributed by atoms with Crippen molar-refractivity contribution in [2.45, 2.75) is 50.0 Å². The Kier molecular flexibility index (Phi) is 3.31. The van der Waals surface area contributed by atoms with Crippen LogP contribution < -0.4 is 0 Å². The molecule has 1 aliphatic carbocycles. The lowest BCUT2D eigenvalue weighted by Gasteiger charge is -2.40. The summed E-state index contributed by atoms with van der Waals surface area (Å²) < 4.78 is 5.79. The summed E-state index contributed by atoms with van der Waals surface area (Å²) in [4.78, 5) is 2.64. The van der Waals surface area contributed by atoms with Gasteiger partial charge < -0.3 is 9.64 Å². The summed E-state index contributed by atoms with van der Waals surface area (Å²) in [5, 5.41) is 0. The molecule has 0 saturated carbocycles. The lowest BCUT2D eigenvalue weighted by Crippen LogP contribution is -2.44. The zero-order valence-electron chi connectivity index (χ0n) is 12.3. The fourth-order valence-electron chi connectivity index (χ4n) is 4.52. The summed E-state index contributed by atoms with van der Waals surface area (Å²) in [5.41, 5.74) is 3.78. The standard InChI is InChI=1S/C18H25NO/c1-2-6-17-15(4-1)7-8-18(17)9-11-19(12-10-18)14-16-5-3-13-20-16/h1-2,4,6,16H,3,5,7-14H2/t16-/m0/s1. The minimum Gasteiger partial charge on any atom is -0.377 e. The third-order valence-electron chi connectivity index (χ3n) is 5.76. The Bertz CT molecular complexity index is 470. The second-order valence-corrected chi connectivity index (χ2v) is 6.87. The van der Waals surface area contributed by atoms with Crippen molar-refractivity contribution in [3.8, 4) is 0 Å². The van der Waals surface area contributed by atoms with Gasteiger partial charge in [0, 0.05) is 13.2 Å². The topological polar surface area (TPSA) is 12.5 Å². The Morgan fingerprint density at radius 2 is 2.00 bits per heavy atom. The lowest BCUT2D eigenvalue weighted by molar-refractivity contribution is 0.0551. The molecule has 1 aromatic rings. The molecule has 2 heterocycles. The first-order chi connectivity index (χ1) is 9.86. The third kappa shape index (κ3) is 2.19. The van der Waals surface area contributed by atoms with Gasteiger partial charge in [-0.2, -0.15) is 0 Å². The summed E-state index contributed by atoms with van der Waals surface area (Å²) in [6.45, 7) is 4.66. The van der Waals surface area contributed by atoms with Crippen LogP contribution in [0.5, 0.6) is 0 Å². The molecule has 1 aromatic carbocycles. The van der Waals surface area contributed by atoms with E-state index in [0.29, 0.717) is 11.5 Å². The zero-order valence-corrected chi connectivity index (χ0v) is 12.3. The van der Waals surface area contributed by atoms with Crippen molar-refractivity contribution < 1.29 is 4.74 Å². The second-order valence-electron chi connectivity index (χ2n) is 6.87. The highest BCUT2D eigenvalue weighted by Gasteiger charge is 2.41. The number of hydrogen-bond acceptors (Lipinski definition) is 2. The minimum absolute atomic E-state index is 0.504. The Hall–Kier alpha value is -0.860. The molecule has 1 atom stereocenters. The molecule has 108 valence electrons. The summed E-state index contributed by atoms with van der Waals surface area (Å²) in [6.07, 6.45) is 8.40. The van der Waals surface area contributed by atoms with Crippen molar-refractivity contribution in [3.63, 3.8) is 0 Å². The number of rotatable bonds is 2. The molecule has 2 heteroatoms. The smallest absolute Gasteiger partial charge is 0.0702 e. The van der Waals surface area contributed by atoms with Crippen LogP contribution in [-0.4, -0.2) is 37.2 Å². The second kappa shape index (κ2) is 5.16. The fraction of sp³-hybridized carbons (Fsp3) is 0.667. The lowest BCUT2D eigenvalue weighted by atomic mass is 9.74. The Morgan fingerprint density at radius 3 is 2.80 bits per heavy atom. The number of benzene rings is 1. The Morgan fingerprint density at radius 1 is 1.15 bits per heavy atom. The summed E-state index contributed by atoms with van der Waals surface area (Å²) in [7, 11) is 0.